The van der Waals surface area contributed by atoms with Gasteiger partial charge < -0.3 is 5.32 Å². The molecule has 1 unspecified atom stereocenters. The van der Waals surface area contributed by atoms with Gasteiger partial charge in [-0.25, -0.2) is 4.98 Å². The summed E-state index contributed by atoms with van der Waals surface area (Å²) in [4.78, 5) is 4.41. The second-order valence-corrected chi connectivity index (χ2v) is 6.45. The van der Waals surface area contributed by atoms with Gasteiger partial charge in [-0.1, -0.05) is 30.7 Å². The maximum atomic E-state index is 5.95. The Balaban J connectivity index is 1.95. The van der Waals surface area contributed by atoms with Crippen molar-refractivity contribution in [2.24, 2.45) is 5.92 Å². The van der Waals surface area contributed by atoms with Gasteiger partial charge in [0.05, 0.1) is 5.01 Å². The highest BCUT2D eigenvalue weighted by molar-refractivity contribution is 7.09. The largest absolute Gasteiger partial charge is 0.316 e. The van der Waals surface area contributed by atoms with Gasteiger partial charge in [0.25, 0.3) is 0 Å². The summed E-state index contributed by atoms with van der Waals surface area (Å²) in [5, 5.41) is 7.60. The fourth-order valence-corrected chi connectivity index (χ4v) is 3.11. The molecule has 0 aliphatic rings. The fraction of sp³-hybridized carbons (Fsp3) is 0.438. The Labute approximate surface area is 130 Å². The number of hydrogen-bond acceptors (Lipinski definition) is 3. The second-order valence-electron chi connectivity index (χ2n) is 5.03. The number of rotatable bonds is 8. The molecule has 1 aromatic carbocycles. The molecular weight excluding hydrogens is 288 g/mol. The molecule has 1 N–H and O–H groups in total. The highest BCUT2D eigenvalue weighted by atomic mass is 35.5. The molecule has 0 aliphatic carbocycles. The van der Waals surface area contributed by atoms with Gasteiger partial charge in [-0.2, -0.15) is 0 Å². The van der Waals surface area contributed by atoms with Crippen LogP contribution < -0.4 is 5.32 Å². The molecule has 2 aromatic rings. The molecular formula is C16H21ClN2S. The fourth-order valence-electron chi connectivity index (χ4n) is 2.25. The number of hydrogen-bond donors (Lipinski definition) is 1. The van der Waals surface area contributed by atoms with Gasteiger partial charge in [0.15, 0.2) is 0 Å². The Bertz CT molecular complexity index is 482. The quantitative estimate of drug-likeness (QED) is 0.739. The number of aromatic nitrogens is 1. The zero-order valence-corrected chi connectivity index (χ0v) is 13.4. The van der Waals surface area contributed by atoms with Crippen LogP contribution in [0.25, 0.3) is 0 Å². The third-order valence-corrected chi connectivity index (χ3v) is 4.30. The molecule has 2 nitrogen and oxygen atoms in total. The van der Waals surface area contributed by atoms with Crippen LogP contribution in [-0.2, 0) is 12.8 Å². The number of nitrogens with zero attached hydrogens (tertiary/aromatic N) is 1. The van der Waals surface area contributed by atoms with Gasteiger partial charge in [0.1, 0.15) is 0 Å². The Morgan fingerprint density at radius 3 is 2.70 bits per heavy atom. The summed E-state index contributed by atoms with van der Waals surface area (Å²) in [5.74, 6) is 0.578. The van der Waals surface area contributed by atoms with Crippen LogP contribution in [0.15, 0.2) is 35.8 Å². The van der Waals surface area contributed by atoms with Gasteiger partial charge in [-0.15, -0.1) is 11.3 Å². The molecule has 1 atom stereocenters. The van der Waals surface area contributed by atoms with E-state index < -0.39 is 0 Å². The van der Waals surface area contributed by atoms with E-state index in [0.29, 0.717) is 5.92 Å². The van der Waals surface area contributed by atoms with Crippen molar-refractivity contribution in [2.45, 2.75) is 26.2 Å². The lowest BCUT2D eigenvalue weighted by molar-refractivity contribution is 0.470. The first kappa shape index (κ1) is 15.5. The molecule has 20 heavy (non-hydrogen) atoms. The summed E-state index contributed by atoms with van der Waals surface area (Å²) in [5.41, 5.74) is 1.34. The molecule has 2 rings (SSSR count). The van der Waals surface area contributed by atoms with Gasteiger partial charge in [-0.05, 0) is 49.5 Å². The predicted octanol–water partition coefficient (Wildman–Crippen LogP) is 4.20. The van der Waals surface area contributed by atoms with Gasteiger partial charge in [0, 0.05) is 23.0 Å². The standard InChI is InChI=1S/C16H21ClN2S/c1-2-7-18-12-14(11-16-19-8-9-20-16)10-13-3-5-15(17)6-4-13/h3-6,8-9,14,18H,2,7,10-12H2,1H3. The van der Waals surface area contributed by atoms with Crippen LogP contribution in [0.3, 0.4) is 0 Å². The molecule has 0 fully saturated rings. The van der Waals surface area contributed by atoms with Crippen molar-refractivity contribution in [3.63, 3.8) is 0 Å². The van der Waals surface area contributed by atoms with E-state index in [0.717, 1.165) is 31.0 Å². The first-order valence-corrected chi connectivity index (χ1v) is 8.37. The van der Waals surface area contributed by atoms with Crippen molar-refractivity contribution in [3.8, 4) is 0 Å². The molecule has 0 radical (unpaired) electrons. The van der Waals surface area contributed by atoms with Crippen LogP contribution in [-0.4, -0.2) is 18.1 Å². The maximum Gasteiger partial charge on any atom is 0.0928 e. The molecule has 1 heterocycles. The lowest BCUT2D eigenvalue weighted by Crippen LogP contribution is -2.26. The van der Waals surface area contributed by atoms with Crippen molar-refractivity contribution in [3.05, 3.63) is 51.4 Å². The molecule has 108 valence electrons. The van der Waals surface area contributed by atoms with E-state index in [9.17, 15) is 0 Å². The lowest BCUT2D eigenvalue weighted by atomic mass is 9.96. The average Bonchev–Trinajstić information content (AvgIpc) is 2.94. The van der Waals surface area contributed by atoms with Crippen LogP contribution in [0.4, 0.5) is 0 Å². The number of halogens is 1. The number of thiazole rings is 1. The van der Waals surface area contributed by atoms with Crippen molar-refractivity contribution < 1.29 is 0 Å². The minimum Gasteiger partial charge on any atom is -0.316 e. The first-order valence-electron chi connectivity index (χ1n) is 7.11. The smallest absolute Gasteiger partial charge is 0.0928 e. The highest BCUT2D eigenvalue weighted by Gasteiger charge is 2.12. The summed E-state index contributed by atoms with van der Waals surface area (Å²) >= 11 is 7.69. The Morgan fingerprint density at radius 1 is 1.25 bits per heavy atom. The van der Waals surface area contributed by atoms with Gasteiger partial charge in [-0.3, -0.25) is 0 Å². The van der Waals surface area contributed by atoms with Crippen molar-refractivity contribution in [2.75, 3.05) is 13.1 Å². The van der Waals surface area contributed by atoms with E-state index in [1.54, 1.807) is 11.3 Å². The van der Waals surface area contributed by atoms with Crippen LogP contribution in [0.5, 0.6) is 0 Å². The number of nitrogens with one attached hydrogen (secondary N) is 1. The van der Waals surface area contributed by atoms with Crippen LogP contribution in [0.1, 0.15) is 23.9 Å². The maximum absolute atomic E-state index is 5.95. The topological polar surface area (TPSA) is 24.9 Å². The minimum absolute atomic E-state index is 0.578. The van der Waals surface area contributed by atoms with E-state index in [4.69, 9.17) is 11.6 Å². The van der Waals surface area contributed by atoms with Crippen LogP contribution >= 0.6 is 22.9 Å². The van der Waals surface area contributed by atoms with E-state index in [2.05, 4.69) is 29.4 Å². The highest BCUT2D eigenvalue weighted by Crippen LogP contribution is 2.17. The number of benzene rings is 1. The average molecular weight is 309 g/mol. The zero-order chi connectivity index (χ0) is 14.2. The van der Waals surface area contributed by atoms with Gasteiger partial charge in [0.2, 0.25) is 0 Å². The zero-order valence-electron chi connectivity index (χ0n) is 11.8. The monoisotopic (exact) mass is 308 g/mol. The Hall–Kier alpha value is -0.900. The molecule has 0 saturated heterocycles. The van der Waals surface area contributed by atoms with E-state index in [1.807, 2.05) is 23.7 Å². The normalized spacial score (nSPS) is 12.5. The van der Waals surface area contributed by atoms with E-state index in [-0.39, 0.29) is 0 Å². The lowest BCUT2D eigenvalue weighted by Gasteiger charge is -2.16. The van der Waals surface area contributed by atoms with E-state index >= 15 is 0 Å². The van der Waals surface area contributed by atoms with Crippen molar-refractivity contribution in [1.82, 2.24) is 10.3 Å². The summed E-state index contributed by atoms with van der Waals surface area (Å²) in [7, 11) is 0. The molecule has 0 spiro atoms. The summed E-state index contributed by atoms with van der Waals surface area (Å²) in [6.07, 6.45) is 5.16. The molecule has 1 aromatic heterocycles. The third kappa shape index (κ3) is 5.23. The summed E-state index contributed by atoms with van der Waals surface area (Å²) in [6.45, 7) is 4.31. The van der Waals surface area contributed by atoms with Gasteiger partial charge >= 0.3 is 0 Å². The first-order chi connectivity index (χ1) is 9.78. The molecule has 0 saturated carbocycles. The van der Waals surface area contributed by atoms with Crippen LogP contribution in [0.2, 0.25) is 5.02 Å². The predicted molar refractivity (Wildman–Crippen MR) is 87.6 cm³/mol. The molecule has 0 bridgehead atoms. The Morgan fingerprint density at radius 2 is 2.05 bits per heavy atom. The SMILES string of the molecule is CCCNCC(Cc1ccc(Cl)cc1)Cc1nccs1. The molecule has 4 heteroatoms. The summed E-state index contributed by atoms with van der Waals surface area (Å²) < 4.78 is 0. The molecule has 0 aliphatic heterocycles. The van der Waals surface area contributed by atoms with Crippen molar-refractivity contribution >= 4 is 22.9 Å². The molecule has 0 amide bonds. The van der Waals surface area contributed by atoms with Crippen LogP contribution in [0, 0.1) is 5.92 Å². The van der Waals surface area contributed by atoms with Crippen molar-refractivity contribution in [1.29, 1.82) is 0 Å². The summed E-state index contributed by atoms with van der Waals surface area (Å²) in [6, 6.07) is 8.18. The minimum atomic E-state index is 0.578. The van der Waals surface area contributed by atoms with E-state index in [1.165, 1.54) is 17.0 Å². The second kappa shape index (κ2) is 8.40. The Kier molecular flexibility index (Phi) is 6.51. The third-order valence-electron chi connectivity index (χ3n) is 3.24.